The minimum Gasteiger partial charge on any atom is -0.290 e. The number of rotatable bonds is 4. The Kier molecular flexibility index (Phi) is 9.27. The Morgan fingerprint density at radius 1 is 0.567 bits per heavy atom. The standard InChI is InChI=1S/C24H36N2S4/c27-23(19-13-7-15-21(19)25-17-9-3-1-4-10-17)29-30-24(28)20-14-8-16-22(20)26-18-11-5-2-6-12-18/h17-20H,1-16H2. The van der Waals surface area contributed by atoms with Crippen molar-refractivity contribution in [3.8, 4) is 0 Å². The monoisotopic (exact) mass is 480 g/mol. The van der Waals surface area contributed by atoms with Gasteiger partial charge in [0.05, 0.1) is 8.39 Å². The molecule has 4 saturated carbocycles. The third-order valence-electron chi connectivity index (χ3n) is 7.28. The molecule has 6 heteroatoms. The summed E-state index contributed by atoms with van der Waals surface area (Å²) in [6.07, 6.45) is 20.4. The SMILES string of the molecule is S=C(SSC(=S)C1CCCC1=NC1CCCCC1)C1CCCC1=NC1CCCCC1. The van der Waals surface area contributed by atoms with Gasteiger partial charge in [-0.15, -0.1) is 0 Å². The molecule has 0 aromatic carbocycles. The highest BCUT2D eigenvalue weighted by Gasteiger charge is 2.31. The maximum atomic E-state index is 5.88. The summed E-state index contributed by atoms with van der Waals surface area (Å²) in [7, 11) is 3.51. The van der Waals surface area contributed by atoms with Crippen LogP contribution in [0.1, 0.15) is 103 Å². The fourth-order valence-electron chi connectivity index (χ4n) is 5.56. The molecule has 2 nitrogen and oxygen atoms in total. The number of hydrogen-bond donors (Lipinski definition) is 0. The van der Waals surface area contributed by atoms with E-state index < -0.39 is 0 Å². The van der Waals surface area contributed by atoms with Crippen LogP contribution in [0.25, 0.3) is 0 Å². The first-order valence-electron chi connectivity index (χ1n) is 12.3. The van der Waals surface area contributed by atoms with Crippen molar-refractivity contribution in [2.45, 2.75) is 115 Å². The largest absolute Gasteiger partial charge is 0.290 e. The zero-order chi connectivity index (χ0) is 20.8. The lowest BCUT2D eigenvalue weighted by atomic mass is 9.95. The van der Waals surface area contributed by atoms with Crippen LogP contribution in [0.4, 0.5) is 0 Å². The van der Waals surface area contributed by atoms with Crippen molar-refractivity contribution >= 4 is 65.8 Å². The van der Waals surface area contributed by atoms with E-state index in [0.29, 0.717) is 23.9 Å². The molecule has 0 saturated heterocycles. The summed E-state index contributed by atoms with van der Waals surface area (Å²) in [6, 6.07) is 1.13. The molecule has 4 fully saturated rings. The van der Waals surface area contributed by atoms with E-state index in [1.807, 2.05) is 0 Å². The molecule has 2 atom stereocenters. The van der Waals surface area contributed by atoms with Gasteiger partial charge in [-0.25, -0.2) is 0 Å². The van der Waals surface area contributed by atoms with Crippen LogP contribution >= 0.6 is 46.0 Å². The molecule has 0 aromatic heterocycles. The van der Waals surface area contributed by atoms with Crippen LogP contribution in [0.3, 0.4) is 0 Å². The molecule has 30 heavy (non-hydrogen) atoms. The van der Waals surface area contributed by atoms with Gasteiger partial charge in [0.2, 0.25) is 0 Å². The number of aliphatic imine (C=N–C) groups is 2. The summed E-state index contributed by atoms with van der Waals surface area (Å²) in [4.78, 5) is 10.3. The highest BCUT2D eigenvalue weighted by molar-refractivity contribution is 8.89. The molecule has 4 rings (SSSR count). The van der Waals surface area contributed by atoms with Crippen molar-refractivity contribution in [2.75, 3.05) is 0 Å². The van der Waals surface area contributed by atoms with Crippen LogP contribution in [0.2, 0.25) is 0 Å². The first kappa shape index (κ1) is 23.4. The van der Waals surface area contributed by atoms with Crippen molar-refractivity contribution in [1.82, 2.24) is 0 Å². The van der Waals surface area contributed by atoms with Crippen molar-refractivity contribution in [2.24, 2.45) is 21.8 Å². The predicted molar refractivity (Wildman–Crippen MR) is 144 cm³/mol. The van der Waals surface area contributed by atoms with E-state index in [9.17, 15) is 0 Å². The van der Waals surface area contributed by atoms with Crippen molar-refractivity contribution < 1.29 is 0 Å². The van der Waals surface area contributed by atoms with Gasteiger partial charge in [0.15, 0.2) is 0 Å². The topological polar surface area (TPSA) is 24.7 Å². The van der Waals surface area contributed by atoms with Gasteiger partial charge >= 0.3 is 0 Å². The van der Waals surface area contributed by atoms with Gasteiger partial charge in [-0.3, -0.25) is 9.98 Å². The van der Waals surface area contributed by atoms with Gasteiger partial charge in [-0.05, 0) is 85.8 Å². The Morgan fingerprint density at radius 2 is 0.967 bits per heavy atom. The first-order valence-corrected chi connectivity index (χ1v) is 15.2. The lowest BCUT2D eigenvalue weighted by Crippen LogP contribution is -2.20. The maximum Gasteiger partial charge on any atom is 0.0677 e. The molecule has 0 radical (unpaired) electrons. The van der Waals surface area contributed by atoms with Gasteiger partial charge in [-0.1, -0.05) is 63.0 Å². The molecule has 166 valence electrons. The average Bonchev–Trinajstić information content (AvgIpc) is 3.43. The molecule has 0 heterocycles. The normalized spacial score (nSPS) is 31.6. The van der Waals surface area contributed by atoms with Crippen LogP contribution in [-0.2, 0) is 0 Å². The van der Waals surface area contributed by atoms with E-state index in [4.69, 9.17) is 34.4 Å². The zero-order valence-electron chi connectivity index (χ0n) is 18.2. The van der Waals surface area contributed by atoms with Gasteiger partial charge in [0, 0.05) is 35.3 Å². The number of thiocarbonyl (C=S) groups is 2. The van der Waals surface area contributed by atoms with Crippen LogP contribution in [-0.4, -0.2) is 31.9 Å². The summed E-state index contributed by atoms with van der Waals surface area (Å²) >= 11 is 11.8. The Hall–Kier alpha value is 0.220. The first-order chi connectivity index (χ1) is 14.7. The minimum absolute atomic E-state index is 0.404. The van der Waals surface area contributed by atoms with Gasteiger partial charge in [0.25, 0.3) is 0 Å². The molecule has 0 aromatic rings. The summed E-state index contributed by atoms with van der Waals surface area (Å²) < 4.78 is 2.22. The molecule has 4 aliphatic carbocycles. The summed E-state index contributed by atoms with van der Waals surface area (Å²) in [5.41, 5.74) is 2.79. The molecule has 0 N–H and O–H groups in total. The summed E-state index contributed by atoms with van der Waals surface area (Å²) in [6.45, 7) is 0. The lowest BCUT2D eigenvalue weighted by molar-refractivity contribution is 0.442. The zero-order valence-corrected chi connectivity index (χ0v) is 21.4. The van der Waals surface area contributed by atoms with Gasteiger partial charge in [-0.2, -0.15) is 0 Å². The van der Waals surface area contributed by atoms with Gasteiger partial charge in [0.1, 0.15) is 0 Å². The van der Waals surface area contributed by atoms with Crippen LogP contribution in [0.15, 0.2) is 9.98 Å². The van der Waals surface area contributed by atoms with Crippen molar-refractivity contribution in [1.29, 1.82) is 0 Å². The molecular weight excluding hydrogens is 445 g/mol. The highest BCUT2D eigenvalue weighted by atomic mass is 33.1. The molecule has 0 aliphatic heterocycles. The number of nitrogens with zero attached hydrogens (tertiary/aromatic N) is 2. The molecule has 4 aliphatic rings. The third kappa shape index (κ3) is 6.39. The van der Waals surface area contributed by atoms with Crippen molar-refractivity contribution in [3.63, 3.8) is 0 Å². The van der Waals surface area contributed by atoms with Crippen LogP contribution in [0.5, 0.6) is 0 Å². The van der Waals surface area contributed by atoms with Crippen molar-refractivity contribution in [3.05, 3.63) is 0 Å². The van der Waals surface area contributed by atoms with E-state index in [2.05, 4.69) is 0 Å². The van der Waals surface area contributed by atoms with E-state index in [1.165, 1.54) is 101 Å². The summed E-state index contributed by atoms with van der Waals surface area (Å²) in [5.74, 6) is 0.808. The second-order valence-electron chi connectivity index (χ2n) is 9.52. The quantitative estimate of drug-likeness (QED) is 0.299. The molecule has 2 unspecified atom stereocenters. The Morgan fingerprint density at radius 3 is 1.37 bits per heavy atom. The smallest absolute Gasteiger partial charge is 0.0677 e. The number of hydrogen-bond acceptors (Lipinski definition) is 6. The van der Waals surface area contributed by atoms with E-state index in [0.717, 1.165) is 21.2 Å². The van der Waals surface area contributed by atoms with Gasteiger partial charge < -0.3 is 0 Å². The molecular formula is C24H36N2S4. The van der Waals surface area contributed by atoms with Crippen LogP contribution in [0, 0.1) is 11.8 Å². The molecule has 0 spiro atoms. The predicted octanol–water partition coefficient (Wildman–Crippen LogP) is 8.17. The lowest BCUT2D eigenvalue weighted by Gasteiger charge is -2.21. The van der Waals surface area contributed by atoms with Crippen LogP contribution < -0.4 is 0 Å². The Bertz CT molecular complexity index is 617. The molecule has 0 bridgehead atoms. The van der Waals surface area contributed by atoms with E-state index in [-0.39, 0.29) is 0 Å². The second kappa shape index (κ2) is 11.9. The average molecular weight is 481 g/mol. The third-order valence-corrected chi connectivity index (χ3v) is 11.3. The highest BCUT2D eigenvalue weighted by Crippen LogP contribution is 2.40. The maximum absolute atomic E-state index is 5.88. The van der Waals surface area contributed by atoms with E-state index >= 15 is 0 Å². The minimum atomic E-state index is 0.404. The Labute approximate surface area is 201 Å². The fourth-order valence-corrected chi connectivity index (χ4v) is 8.77. The Balaban J connectivity index is 1.29. The summed E-state index contributed by atoms with van der Waals surface area (Å²) in [5, 5.41) is 0. The second-order valence-corrected chi connectivity index (χ2v) is 13.1. The fraction of sp³-hybridized carbons (Fsp3) is 0.833. The van der Waals surface area contributed by atoms with E-state index in [1.54, 1.807) is 21.6 Å². The molecule has 0 amide bonds.